The van der Waals surface area contributed by atoms with Crippen LogP contribution in [0.25, 0.3) is 0 Å². The molecule has 84 valence electrons. The lowest BCUT2D eigenvalue weighted by atomic mass is 10.1. The van der Waals surface area contributed by atoms with E-state index in [1.165, 1.54) is 31.3 Å². The van der Waals surface area contributed by atoms with Crippen molar-refractivity contribution in [1.29, 1.82) is 0 Å². The standard InChI is InChI=1S/C14H22O/c1-3-4-5-6-7-8-9-13-12(2)10-11-14(13)15/h8-9H,3-7,10-11H2,1-2H3/b9-8+. The molecule has 1 nitrogen and oxygen atoms in total. The molecule has 0 atom stereocenters. The van der Waals surface area contributed by atoms with Crippen molar-refractivity contribution < 1.29 is 4.79 Å². The van der Waals surface area contributed by atoms with Gasteiger partial charge in [-0.25, -0.2) is 0 Å². The van der Waals surface area contributed by atoms with Crippen molar-refractivity contribution in [2.24, 2.45) is 0 Å². The van der Waals surface area contributed by atoms with Gasteiger partial charge in [0, 0.05) is 12.0 Å². The summed E-state index contributed by atoms with van der Waals surface area (Å²) >= 11 is 0. The molecule has 0 bridgehead atoms. The van der Waals surface area contributed by atoms with Gasteiger partial charge in [0.15, 0.2) is 5.78 Å². The lowest BCUT2D eigenvalue weighted by molar-refractivity contribution is -0.114. The summed E-state index contributed by atoms with van der Waals surface area (Å²) in [5, 5.41) is 0. The first-order chi connectivity index (χ1) is 7.25. The van der Waals surface area contributed by atoms with Gasteiger partial charge in [-0.05, 0) is 26.2 Å². The lowest BCUT2D eigenvalue weighted by Crippen LogP contribution is -1.92. The molecule has 0 aromatic rings. The third kappa shape index (κ3) is 4.03. The molecule has 0 unspecified atom stereocenters. The summed E-state index contributed by atoms with van der Waals surface area (Å²) in [5.74, 6) is 0.331. The van der Waals surface area contributed by atoms with Gasteiger partial charge in [-0.3, -0.25) is 4.79 Å². The van der Waals surface area contributed by atoms with E-state index in [2.05, 4.69) is 19.9 Å². The highest BCUT2D eigenvalue weighted by atomic mass is 16.1. The Kier molecular flexibility index (Phi) is 5.38. The number of carbonyl (C=O) groups excluding carboxylic acids is 1. The fourth-order valence-electron chi connectivity index (χ4n) is 1.93. The molecular formula is C14H22O. The Morgan fingerprint density at radius 2 is 2.00 bits per heavy atom. The summed E-state index contributed by atoms with van der Waals surface area (Å²) in [6.07, 6.45) is 12.2. The van der Waals surface area contributed by atoms with Crippen molar-refractivity contribution in [2.45, 2.75) is 58.8 Å². The van der Waals surface area contributed by atoms with E-state index < -0.39 is 0 Å². The number of hydrogen-bond donors (Lipinski definition) is 0. The van der Waals surface area contributed by atoms with Crippen LogP contribution in [0.3, 0.4) is 0 Å². The van der Waals surface area contributed by atoms with Gasteiger partial charge in [-0.2, -0.15) is 0 Å². The highest BCUT2D eigenvalue weighted by Gasteiger charge is 2.16. The largest absolute Gasteiger partial charge is 0.294 e. The molecule has 0 radical (unpaired) electrons. The van der Waals surface area contributed by atoms with Crippen LogP contribution in [0.1, 0.15) is 58.8 Å². The number of ketones is 1. The third-order valence-corrected chi connectivity index (χ3v) is 3.00. The van der Waals surface area contributed by atoms with E-state index in [4.69, 9.17) is 0 Å². The molecule has 0 amide bonds. The Bertz CT molecular complexity index is 271. The highest BCUT2D eigenvalue weighted by molar-refractivity contribution is 6.01. The van der Waals surface area contributed by atoms with E-state index >= 15 is 0 Å². The molecule has 0 saturated heterocycles. The molecule has 1 rings (SSSR count). The number of hydrogen-bond acceptors (Lipinski definition) is 1. The zero-order valence-corrected chi connectivity index (χ0v) is 10.0. The summed E-state index contributed by atoms with van der Waals surface area (Å²) in [7, 11) is 0. The fourth-order valence-corrected chi connectivity index (χ4v) is 1.93. The Morgan fingerprint density at radius 1 is 1.20 bits per heavy atom. The van der Waals surface area contributed by atoms with Crippen LogP contribution >= 0.6 is 0 Å². The maximum Gasteiger partial charge on any atom is 0.163 e. The van der Waals surface area contributed by atoms with E-state index in [1.807, 2.05) is 6.08 Å². The Morgan fingerprint density at radius 3 is 2.60 bits per heavy atom. The smallest absolute Gasteiger partial charge is 0.163 e. The van der Waals surface area contributed by atoms with E-state index in [-0.39, 0.29) is 0 Å². The molecule has 0 aromatic heterocycles. The van der Waals surface area contributed by atoms with Gasteiger partial charge in [0.2, 0.25) is 0 Å². The molecule has 1 aliphatic rings. The average molecular weight is 206 g/mol. The highest BCUT2D eigenvalue weighted by Crippen LogP contribution is 2.23. The lowest BCUT2D eigenvalue weighted by Gasteiger charge is -1.96. The number of Topliss-reactive ketones (excluding diaryl/α,β-unsaturated/α-hetero) is 1. The molecule has 0 aromatic carbocycles. The third-order valence-electron chi connectivity index (χ3n) is 3.00. The van der Waals surface area contributed by atoms with Crippen molar-refractivity contribution in [3.05, 3.63) is 23.3 Å². The maximum absolute atomic E-state index is 11.4. The predicted octanol–water partition coefficient (Wildman–Crippen LogP) is 4.19. The number of rotatable bonds is 6. The molecule has 0 aliphatic heterocycles. The van der Waals surface area contributed by atoms with Crippen molar-refractivity contribution in [3.63, 3.8) is 0 Å². The SMILES string of the molecule is CCCCCC/C=C/C1=C(C)CCC1=O. The number of carbonyl (C=O) groups is 1. The Hall–Kier alpha value is -0.850. The van der Waals surface area contributed by atoms with Gasteiger partial charge in [-0.15, -0.1) is 0 Å². The maximum atomic E-state index is 11.4. The minimum Gasteiger partial charge on any atom is -0.294 e. The molecule has 0 spiro atoms. The van der Waals surface area contributed by atoms with E-state index in [0.717, 1.165) is 24.8 Å². The first kappa shape index (κ1) is 12.2. The van der Waals surface area contributed by atoms with Gasteiger partial charge in [0.1, 0.15) is 0 Å². The minimum absolute atomic E-state index is 0.331. The fraction of sp³-hybridized carbons (Fsp3) is 0.643. The molecule has 1 heteroatoms. The van der Waals surface area contributed by atoms with Crippen LogP contribution in [0.2, 0.25) is 0 Å². The number of unbranched alkanes of at least 4 members (excludes halogenated alkanes) is 4. The summed E-state index contributed by atoms with van der Waals surface area (Å²) in [4.78, 5) is 11.4. The summed E-state index contributed by atoms with van der Waals surface area (Å²) in [5.41, 5.74) is 2.25. The second-order valence-electron chi connectivity index (χ2n) is 4.37. The van der Waals surface area contributed by atoms with Gasteiger partial charge in [0.25, 0.3) is 0 Å². The van der Waals surface area contributed by atoms with Gasteiger partial charge in [-0.1, -0.05) is 43.9 Å². The van der Waals surface area contributed by atoms with E-state index in [1.54, 1.807) is 0 Å². The molecule has 0 N–H and O–H groups in total. The molecule has 1 aliphatic carbocycles. The van der Waals surface area contributed by atoms with Gasteiger partial charge < -0.3 is 0 Å². The van der Waals surface area contributed by atoms with Crippen LogP contribution in [-0.4, -0.2) is 5.78 Å². The summed E-state index contributed by atoms with van der Waals surface area (Å²) in [6, 6.07) is 0. The Balaban J connectivity index is 2.26. The van der Waals surface area contributed by atoms with E-state index in [0.29, 0.717) is 5.78 Å². The van der Waals surface area contributed by atoms with E-state index in [9.17, 15) is 4.79 Å². The minimum atomic E-state index is 0.331. The second kappa shape index (κ2) is 6.60. The van der Waals surface area contributed by atoms with Crippen LogP contribution in [0.4, 0.5) is 0 Å². The quantitative estimate of drug-likeness (QED) is 0.595. The molecule has 0 saturated carbocycles. The number of allylic oxidation sites excluding steroid dienone is 4. The molecule has 0 heterocycles. The average Bonchev–Trinajstić information content (AvgIpc) is 2.54. The normalized spacial score (nSPS) is 17.1. The Labute approximate surface area is 93.3 Å². The van der Waals surface area contributed by atoms with Gasteiger partial charge in [0.05, 0.1) is 0 Å². The zero-order chi connectivity index (χ0) is 11.1. The topological polar surface area (TPSA) is 17.1 Å². The predicted molar refractivity (Wildman–Crippen MR) is 64.8 cm³/mol. The van der Waals surface area contributed by atoms with Crippen LogP contribution in [-0.2, 0) is 4.79 Å². The van der Waals surface area contributed by atoms with Crippen LogP contribution < -0.4 is 0 Å². The first-order valence-corrected chi connectivity index (χ1v) is 6.15. The molecule has 0 fully saturated rings. The second-order valence-corrected chi connectivity index (χ2v) is 4.37. The summed E-state index contributed by atoms with van der Waals surface area (Å²) in [6.45, 7) is 4.29. The molecule has 15 heavy (non-hydrogen) atoms. The van der Waals surface area contributed by atoms with Crippen molar-refractivity contribution in [1.82, 2.24) is 0 Å². The van der Waals surface area contributed by atoms with Crippen molar-refractivity contribution >= 4 is 5.78 Å². The van der Waals surface area contributed by atoms with Crippen molar-refractivity contribution in [2.75, 3.05) is 0 Å². The van der Waals surface area contributed by atoms with Crippen LogP contribution in [0, 0.1) is 0 Å². The van der Waals surface area contributed by atoms with Gasteiger partial charge >= 0.3 is 0 Å². The first-order valence-electron chi connectivity index (χ1n) is 6.15. The van der Waals surface area contributed by atoms with Crippen LogP contribution in [0.5, 0.6) is 0 Å². The summed E-state index contributed by atoms with van der Waals surface area (Å²) < 4.78 is 0. The molecular weight excluding hydrogens is 184 g/mol. The van der Waals surface area contributed by atoms with Crippen molar-refractivity contribution in [3.8, 4) is 0 Å². The zero-order valence-electron chi connectivity index (χ0n) is 10.0. The van der Waals surface area contributed by atoms with Crippen LogP contribution in [0.15, 0.2) is 23.3 Å². The monoisotopic (exact) mass is 206 g/mol.